The van der Waals surface area contributed by atoms with Crippen LogP contribution in [0.15, 0.2) is 42.5 Å². The second-order valence-electron chi connectivity index (χ2n) is 4.76. The first kappa shape index (κ1) is 13.9. The van der Waals surface area contributed by atoms with Crippen molar-refractivity contribution in [1.29, 1.82) is 0 Å². The van der Waals surface area contributed by atoms with Crippen LogP contribution in [-0.4, -0.2) is 26.2 Å². The van der Waals surface area contributed by atoms with E-state index in [-0.39, 0.29) is 5.91 Å². The van der Waals surface area contributed by atoms with Gasteiger partial charge < -0.3 is 14.4 Å². The third-order valence-corrected chi connectivity index (χ3v) is 3.39. The number of amides is 2. The van der Waals surface area contributed by atoms with Gasteiger partial charge >= 0.3 is 6.09 Å². The van der Waals surface area contributed by atoms with E-state index in [4.69, 9.17) is 4.74 Å². The van der Waals surface area contributed by atoms with E-state index in [0.29, 0.717) is 28.4 Å². The zero-order chi connectivity index (χ0) is 15.7. The van der Waals surface area contributed by atoms with Crippen LogP contribution >= 0.6 is 0 Å². The fourth-order valence-electron chi connectivity index (χ4n) is 2.26. The number of nitrogens with one attached hydrogen (secondary N) is 1. The molecule has 0 spiro atoms. The summed E-state index contributed by atoms with van der Waals surface area (Å²) < 4.78 is 10.4. The highest BCUT2D eigenvalue weighted by molar-refractivity contribution is 6.10. The molecule has 3 rings (SSSR count). The average molecular weight is 298 g/mol. The van der Waals surface area contributed by atoms with Gasteiger partial charge in [0.15, 0.2) is 5.75 Å². The summed E-state index contributed by atoms with van der Waals surface area (Å²) in [5.74, 6) is 0.830. The summed E-state index contributed by atoms with van der Waals surface area (Å²) in [5, 5.41) is 2.53. The molecule has 112 valence electrons. The van der Waals surface area contributed by atoms with Gasteiger partial charge in [-0.25, -0.2) is 4.79 Å². The molecule has 0 aliphatic carbocycles. The van der Waals surface area contributed by atoms with Crippen LogP contribution in [0.3, 0.4) is 0 Å². The molecule has 0 bridgehead atoms. The lowest BCUT2D eigenvalue weighted by Crippen LogP contribution is -2.25. The number of para-hydroxylation sites is 2. The Labute approximate surface area is 127 Å². The van der Waals surface area contributed by atoms with Gasteiger partial charge in [-0.3, -0.25) is 10.1 Å². The molecule has 1 aliphatic rings. The van der Waals surface area contributed by atoms with Gasteiger partial charge in [-0.2, -0.15) is 0 Å². The van der Waals surface area contributed by atoms with Crippen molar-refractivity contribution < 1.29 is 19.1 Å². The molecule has 0 unspecified atom stereocenters. The molecule has 1 aliphatic heterocycles. The van der Waals surface area contributed by atoms with Crippen LogP contribution in [-0.2, 0) is 4.74 Å². The summed E-state index contributed by atoms with van der Waals surface area (Å²) in [7, 11) is 2.96. The van der Waals surface area contributed by atoms with Crippen molar-refractivity contribution in [3.63, 3.8) is 0 Å². The summed E-state index contributed by atoms with van der Waals surface area (Å²) in [5.41, 5.74) is 1.51. The number of carbonyl (C=O) groups excluding carboxylic acids is 2. The fraction of sp³-hybridized carbons (Fsp3) is 0.125. The number of benzene rings is 2. The van der Waals surface area contributed by atoms with Gasteiger partial charge in [0.05, 0.1) is 18.4 Å². The molecule has 22 heavy (non-hydrogen) atoms. The van der Waals surface area contributed by atoms with Crippen molar-refractivity contribution in [1.82, 2.24) is 0 Å². The third kappa shape index (κ3) is 2.35. The molecule has 0 aromatic heterocycles. The van der Waals surface area contributed by atoms with E-state index < -0.39 is 6.09 Å². The molecular formula is C16H14N2O4. The zero-order valence-electron chi connectivity index (χ0n) is 12.1. The predicted octanol–water partition coefficient (Wildman–Crippen LogP) is 3.25. The van der Waals surface area contributed by atoms with E-state index in [1.165, 1.54) is 12.0 Å². The summed E-state index contributed by atoms with van der Waals surface area (Å²) in [4.78, 5) is 25.4. The van der Waals surface area contributed by atoms with Crippen LogP contribution in [0.4, 0.5) is 16.2 Å². The first-order valence-corrected chi connectivity index (χ1v) is 6.64. The fourth-order valence-corrected chi connectivity index (χ4v) is 2.26. The molecule has 2 aromatic carbocycles. The Morgan fingerprint density at radius 2 is 1.95 bits per heavy atom. The van der Waals surface area contributed by atoms with E-state index in [1.807, 2.05) is 18.2 Å². The van der Waals surface area contributed by atoms with Crippen molar-refractivity contribution in [3.8, 4) is 11.5 Å². The molecule has 0 saturated carbocycles. The summed E-state index contributed by atoms with van der Waals surface area (Å²) in [6.07, 6.45) is -0.599. The number of carbonyl (C=O) groups is 2. The van der Waals surface area contributed by atoms with Crippen molar-refractivity contribution in [2.75, 3.05) is 24.4 Å². The minimum absolute atomic E-state index is 0.214. The Bertz CT molecular complexity index is 758. The topological polar surface area (TPSA) is 67.9 Å². The van der Waals surface area contributed by atoms with Crippen LogP contribution in [0.25, 0.3) is 0 Å². The van der Waals surface area contributed by atoms with Gasteiger partial charge in [0.1, 0.15) is 5.75 Å². The maximum Gasteiger partial charge on any atom is 0.411 e. The van der Waals surface area contributed by atoms with Gasteiger partial charge in [-0.15, -0.1) is 0 Å². The Morgan fingerprint density at radius 1 is 1.18 bits per heavy atom. The highest BCUT2D eigenvalue weighted by Crippen LogP contribution is 2.38. The summed E-state index contributed by atoms with van der Waals surface area (Å²) in [6.45, 7) is 0. The van der Waals surface area contributed by atoms with Crippen LogP contribution in [0, 0.1) is 0 Å². The lowest BCUT2D eigenvalue weighted by molar-refractivity contribution is 0.0993. The number of anilines is 2. The quantitative estimate of drug-likeness (QED) is 0.877. The number of methoxy groups -OCH3 is 1. The van der Waals surface area contributed by atoms with E-state index in [1.54, 1.807) is 31.3 Å². The number of nitrogens with zero attached hydrogens (tertiary/aromatic N) is 1. The monoisotopic (exact) mass is 298 g/mol. The van der Waals surface area contributed by atoms with Crippen molar-refractivity contribution in [3.05, 3.63) is 48.0 Å². The molecule has 6 nitrogen and oxygen atoms in total. The Kier molecular flexibility index (Phi) is 3.42. The lowest BCUT2D eigenvalue weighted by atomic mass is 10.1. The van der Waals surface area contributed by atoms with Gasteiger partial charge in [0, 0.05) is 12.7 Å². The molecule has 1 heterocycles. The van der Waals surface area contributed by atoms with Gasteiger partial charge in [-0.1, -0.05) is 12.1 Å². The standard InChI is InChI=1S/C16H14N2O4/c1-18-12-5-3-4-6-14(12)22-13-8-7-10(17-16(20)21-2)9-11(13)15(18)19/h3-9H,1-2H3,(H,17,20). The van der Waals surface area contributed by atoms with Crippen LogP contribution in [0.5, 0.6) is 11.5 Å². The van der Waals surface area contributed by atoms with Crippen LogP contribution < -0.4 is 15.0 Å². The maximum absolute atomic E-state index is 12.6. The normalized spacial score (nSPS) is 12.6. The highest BCUT2D eigenvalue weighted by Gasteiger charge is 2.25. The first-order chi connectivity index (χ1) is 10.6. The van der Waals surface area contributed by atoms with Gasteiger partial charge in [-0.05, 0) is 30.3 Å². The van der Waals surface area contributed by atoms with E-state index in [2.05, 4.69) is 10.1 Å². The molecule has 6 heteroatoms. The average Bonchev–Trinajstić information content (AvgIpc) is 2.64. The highest BCUT2D eigenvalue weighted by atomic mass is 16.5. The number of fused-ring (bicyclic) bond motifs is 2. The Hall–Kier alpha value is -3.02. The number of hydrogen-bond donors (Lipinski definition) is 1. The van der Waals surface area contributed by atoms with Crippen LogP contribution in [0.1, 0.15) is 10.4 Å². The van der Waals surface area contributed by atoms with Crippen molar-refractivity contribution >= 4 is 23.4 Å². The number of hydrogen-bond acceptors (Lipinski definition) is 4. The van der Waals surface area contributed by atoms with Crippen LogP contribution in [0.2, 0.25) is 0 Å². The predicted molar refractivity (Wildman–Crippen MR) is 81.7 cm³/mol. The second-order valence-corrected chi connectivity index (χ2v) is 4.76. The zero-order valence-corrected chi connectivity index (χ0v) is 12.1. The minimum atomic E-state index is -0.599. The summed E-state index contributed by atoms with van der Waals surface area (Å²) in [6, 6.07) is 12.2. The first-order valence-electron chi connectivity index (χ1n) is 6.64. The smallest absolute Gasteiger partial charge is 0.411 e. The van der Waals surface area contributed by atoms with E-state index in [0.717, 1.165) is 0 Å². The maximum atomic E-state index is 12.6. The SMILES string of the molecule is COC(=O)Nc1ccc2c(c1)C(=O)N(C)c1ccccc1O2. The van der Waals surface area contributed by atoms with Crippen molar-refractivity contribution in [2.24, 2.45) is 0 Å². The lowest BCUT2D eigenvalue weighted by Gasteiger charge is -2.15. The Balaban J connectivity index is 2.04. The summed E-state index contributed by atoms with van der Waals surface area (Å²) >= 11 is 0. The Morgan fingerprint density at radius 3 is 2.73 bits per heavy atom. The second kappa shape index (κ2) is 5.40. The number of ether oxygens (including phenoxy) is 2. The molecule has 0 saturated heterocycles. The molecule has 0 atom stereocenters. The molecular weight excluding hydrogens is 284 g/mol. The van der Waals surface area contributed by atoms with E-state index in [9.17, 15) is 9.59 Å². The van der Waals surface area contributed by atoms with Gasteiger partial charge in [0.2, 0.25) is 0 Å². The van der Waals surface area contributed by atoms with E-state index >= 15 is 0 Å². The molecule has 0 radical (unpaired) electrons. The van der Waals surface area contributed by atoms with Gasteiger partial charge in [0.25, 0.3) is 5.91 Å². The minimum Gasteiger partial charge on any atom is -0.454 e. The van der Waals surface area contributed by atoms with Crippen molar-refractivity contribution in [2.45, 2.75) is 0 Å². The molecule has 2 amide bonds. The third-order valence-electron chi connectivity index (χ3n) is 3.39. The number of rotatable bonds is 1. The molecule has 1 N–H and O–H groups in total. The molecule has 2 aromatic rings. The largest absolute Gasteiger partial charge is 0.454 e. The molecule has 0 fully saturated rings.